The zero-order valence-electron chi connectivity index (χ0n) is 14.3. The van der Waals surface area contributed by atoms with Gasteiger partial charge in [-0.25, -0.2) is 4.98 Å². The minimum absolute atomic E-state index is 0.0313. The Labute approximate surface area is 146 Å². The number of primary amides is 1. The molecule has 0 bridgehead atoms. The van der Waals surface area contributed by atoms with E-state index in [1.165, 1.54) is 11.1 Å². The number of thiazole rings is 1. The van der Waals surface area contributed by atoms with Crippen LogP contribution in [0.25, 0.3) is 10.6 Å². The number of nitrogens with two attached hydrogens (primary N) is 1. The number of aromatic nitrogens is 1. The number of benzene rings is 1. The molecular weight excluding hydrogens is 322 g/mol. The molecule has 2 N–H and O–H groups in total. The van der Waals surface area contributed by atoms with E-state index in [1.807, 2.05) is 12.3 Å². The first-order valence-electron chi connectivity index (χ1n) is 7.98. The molecule has 0 atom stereocenters. The highest BCUT2D eigenvalue weighted by molar-refractivity contribution is 7.13. The van der Waals surface area contributed by atoms with E-state index in [2.05, 4.69) is 37.0 Å². The molecule has 0 saturated carbocycles. The lowest BCUT2D eigenvalue weighted by Gasteiger charge is -2.19. The van der Waals surface area contributed by atoms with Gasteiger partial charge in [0.1, 0.15) is 5.01 Å². The molecule has 0 unspecified atom stereocenters. The molecule has 1 heterocycles. The normalized spacial score (nSPS) is 10.6. The van der Waals surface area contributed by atoms with Gasteiger partial charge in [-0.1, -0.05) is 23.8 Å². The smallest absolute Gasteiger partial charge is 0.228 e. The number of nitrogens with zero attached hydrogens (tertiary/aromatic N) is 2. The molecule has 0 spiro atoms. The molecule has 0 fully saturated rings. The van der Waals surface area contributed by atoms with E-state index in [4.69, 9.17) is 5.73 Å². The van der Waals surface area contributed by atoms with Crippen molar-refractivity contribution in [2.24, 2.45) is 5.73 Å². The van der Waals surface area contributed by atoms with Crippen LogP contribution < -0.4 is 5.73 Å². The number of likely N-dealkylation sites (N-methyl/N-ethyl adjacent to an activating group) is 1. The summed E-state index contributed by atoms with van der Waals surface area (Å²) in [7, 11) is 0. The van der Waals surface area contributed by atoms with Gasteiger partial charge >= 0.3 is 0 Å². The van der Waals surface area contributed by atoms with Crippen molar-refractivity contribution in [2.45, 2.75) is 33.6 Å². The van der Waals surface area contributed by atoms with Crippen LogP contribution in [0.3, 0.4) is 0 Å². The van der Waals surface area contributed by atoms with Crippen LogP contribution in [-0.2, 0) is 16.0 Å². The van der Waals surface area contributed by atoms with Crippen molar-refractivity contribution in [3.8, 4) is 10.6 Å². The summed E-state index contributed by atoms with van der Waals surface area (Å²) in [5.41, 5.74) is 9.42. The van der Waals surface area contributed by atoms with Crippen LogP contribution in [0.4, 0.5) is 0 Å². The Morgan fingerprint density at radius 3 is 2.67 bits per heavy atom. The second kappa shape index (κ2) is 8.06. The molecular formula is C18H23N3O2S. The largest absolute Gasteiger partial charge is 0.370 e. The third kappa shape index (κ3) is 4.64. The maximum Gasteiger partial charge on any atom is 0.228 e. The van der Waals surface area contributed by atoms with E-state index in [-0.39, 0.29) is 18.7 Å². The summed E-state index contributed by atoms with van der Waals surface area (Å²) in [5.74, 6) is -0.428. The predicted octanol–water partition coefficient (Wildman–Crippen LogP) is 2.69. The topological polar surface area (TPSA) is 76.3 Å². The van der Waals surface area contributed by atoms with Crippen LogP contribution in [0.5, 0.6) is 0 Å². The first-order chi connectivity index (χ1) is 11.4. The van der Waals surface area contributed by atoms with Crippen LogP contribution >= 0.6 is 11.3 Å². The van der Waals surface area contributed by atoms with Crippen LogP contribution in [0.2, 0.25) is 0 Å². The fourth-order valence-corrected chi connectivity index (χ4v) is 3.45. The summed E-state index contributed by atoms with van der Waals surface area (Å²) in [6, 6.07) is 6.27. The zero-order chi connectivity index (χ0) is 17.7. The Kier molecular flexibility index (Phi) is 6.09. The first-order valence-corrected chi connectivity index (χ1v) is 8.86. The molecule has 6 heteroatoms. The maximum absolute atomic E-state index is 12.4. The van der Waals surface area contributed by atoms with Gasteiger partial charge < -0.3 is 10.6 Å². The molecule has 0 aliphatic carbocycles. The van der Waals surface area contributed by atoms with Crippen molar-refractivity contribution in [2.75, 3.05) is 13.1 Å². The molecule has 2 rings (SSSR count). The first kappa shape index (κ1) is 18.1. The number of hydrogen-bond donors (Lipinski definition) is 1. The molecule has 1 aromatic carbocycles. The molecule has 2 amide bonds. The summed E-state index contributed by atoms with van der Waals surface area (Å²) in [6.07, 6.45) is 0.429. The molecule has 2 aromatic rings. The van der Waals surface area contributed by atoms with Gasteiger partial charge in [0.25, 0.3) is 0 Å². The third-order valence-corrected chi connectivity index (χ3v) is 4.78. The van der Waals surface area contributed by atoms with Crippen LogP contribution in [0.15, 0.2) is 23.6 Å². The van der Waals surface area contributed by atoms with Crippen LogP contribution in [0, 0.1) is 13.8 Å². The van der Waals surface area contributed by atoms with Crippen molar-refractivity contribution < 1.29 is 9.59 Å². The van der Waals surface area contributed by atoms with E-state index < -0.39 is 5.91 Å². The van der Waals surface area contributed by atoms with Gasteiger partial charge in [0.05, 0.1) is 12.1 Å². The lowest BCUT2D eigenvalue weighted by Crippen LogP contribution is -2.35. The Morgan fingerprint density at radius 1 is 1.29 bits per heavy atom. The number of amides is 2. The minimum atomic E-state index is -0.396. The number of carbonyl (C=O) groups is 2. The van der Waals surface area contributed by atoms with Crippen LogP contribution in [0.1, 0.15) is 30.2 Å². The molecule has 0 saturated heterocycles. The molecule has 24 heavy (non-hydrogen) atoms. The SMILES string of the molecule is CCN(CCC(N)=O)C(=O)Cc1csc(-c2ccc(C)cc2C)n1. The summed E-state index contributed by atoms with van der Waals surface area (Å²) in [6.45, 7) is 6.94. The number of hydrogen-bond acceptors (Lipinski definition) is 4. The molecule has 1 aromatic heterocycles. The molecule has 128 valence electrons. The Hall–Kier alpha value is -2.21. The third-order valence-electron chi connectivity index (χ3n) is 3.86. The lowest BCUT2D eigenvalue weighted by molar-refractivity contribution is -0.130. The van der Waals surface area contributed by atoms with E-state index in [0.717, 1.165) is 16.3 Å². The Balaban J connectivity index is 2.07. The Bertz CT molecular complexity index is 740. The van der Waals surface area contributed by atoms with Crippen molar-refractivity contribution in [1.29, 1.82) is 0 Å². The molecule has 0 aliphatic rings. The number of rotatable bonds is 7. The highest BCUT2D eigenvalue weighted by atomic mass is 32.1. The average molecular weight is 345 g/mol. The van der Waals surface area contributed by atoms with Crippen LogP contribution in [-0.4, -0.2) is 34.8 Å². The second-order valence-electron chi connectivity index (χ2n) is 5.83. The Morgan fingerprint density at radius 2 is 2.04 bits per heavy atom. The summed E-state index contributed by atoms with van der Waals surface area (Å²) in [4.78, 5) is 29.5. The van der Waals surface area contributed by atoms with Gasteiger partial charge in [-0.3, -0.25) is 9.59 Å². The van der Waals surface area contributed by atoms with E-state index in [9.17, 15) is 9.59 Å². The van der Waals surface area contributed by atoms with Gasteiger partial charge in [0.2, 0.25) is 11.8 Å². The molecule has 0 radical (unpaired) electrons. The van der Waals surface area contributed by atoms with Crippen molar-refractivity contribution in [3.05, 3.63) is 40.4 Å². The van der Waals surface area contributed by atoms with E-state index in [0.29, 0.717) is 13.1 Å². The minimum Gasteiger partial charge on any atom is -0.370 e. The van der Waals surface area contributed by atoms with Gasteiger partial charge in [-0.05, 0) is 26.3 Å². The number of carbonyl (C=O) groups excluding carboxylic acids is 2. The van der Waals surface area contributed by atoms with Crippen molar-refractivity contribution >= 4 is 23.2 Å². The van der Waals surface area contributed by atoms with Gasteiger partial charge in [0.15, 0.2) is 0 Å². The standard InChI is InChI=1S/C18H23N3O2S/c1-4-21(8-7-16(19)22)17(23)10-14-11-24-18(20-14)15-6-5-12(2)9-13(15)3/h5-6,9,11H,4,7-8,10H2,1-3H3,(H2,19,22). The summed E-state index contributed by atoms with van der Waals surface area (Å²) >= 11 is 1.55. The van der Waals surface area contributed by atoms with Gasteiger partial charge in [0, 0.05) is 30.5 Å². The predicted molar refractivity (Wildman–Crippen MR) is 96.8 cm³/mol. The second-order valence-corrected chi connectivity index (χ2v) is 6.69. The molecule has 5 nitrogen and oxygen atoms in total. The monoisotopic (exact) mass is 345 g/mol. The van der Waals surface area contributed by atoms with E-state index in [1.54, 1.807) is 16.2 Å². The summed E-state index contributed by atoms with van der Waals surface area (Å²) < 4.78 is 0. The van der Waals surface area contributed by atoms with Gasteiger partial charge in [-0.2, -0.15) is 0 Å². The fraction of sp³-hybridized carbons (Fsp3) is 0.389. The lowest BCUT2D eigenvalue weighted by atomic mass is 10.1. The number of aryl methyl sites for hydroxylation is 2. The van der Waals surface area contributed by atoms with Crippen molar-refractivity contribution in [1.82, 2.24) is 9.88 Å². The highest BCUT2D eigenvalue weighted by Crippen LogP contribution is 2.27. The fourth-order valence-electron chi connectivity index (χ4n) is 2.54. The maximum atomic E-state index is 12.4. The average Bonchev–Trinajstić information content (AvgIpc) is 2.95. The quantitative estimate of drug-likeness (QED) is 0.838. The van der Waals surface area contributed by atoms with E-state index >= 15 is 0 Å². The zero-order valence-corrected chi connectivity index (χ0v) is 15.2. The van der Waals surface area contributed by atoms with Crippen molar-refractivity contribution in [3.63, 3.8) is 0 Å². The van der Waals surface area contributed by atoms with Gasteiger partial charge in [-0.15, -0.1) is 11.3 Å². The summed E-state index contributed by atoms with van der Waals surface area (Å²) in [5, 5.41) is 2.85. The highest BCUT2D eigenvalue weighted by Gasteiger charge is 2.16. The molecule has 0 aliphatic heterocycles.